The van der Waals surface area contributed by atoms with E-state index in [1.807, 2.05) is 0 Å². The van der Waals surface area contributed by atoms with Crippen molar-refractivity contribution in [2.45, 2.75) is 10.6 Å². The van der Waals surface area contributed by atoms with Crippen molar-refractivity contribution < 1.29 is 18.3 Å². The minimum absolute atomic E-state index is 0.0764. The highest BCUT2D eigenvalue weighted by atomic mass is 35.5. The number of carboxylic acid groups (broad SMARTS) is 1. The lowest BCUT2D eigenvalue weighted by Crippen LogP contribution is -2.11. The topological polar surface area (TPSA) is 96.4 Å². The Morgan fingerprint density at radius 1 is 1.47 bits per heavy atom. The van der Waals surface area contributed by atoms with Gasteiger partial charge in [-0.15, -0.1) is 22.7 Å². The maximum Gasteiger partial charge on any atom is 0.309 e. The Balaban J connectivity index is 2.16. The molecule has 0 bridgehead atoms. The predicted molar refractivity (Wildman–Crippen MR) is 73.6 cm³/mol. The van der Waals surface area contributed by atoms with Crippen molar-refractivity contribution >= 4 is 55.4 Å². The molecule has 2 N–H and O–H groups in total. The first kappa shape index (κ1) is 14.3. The summed E-state index contributed by atoms with van der Waals surface area (Å²) in [6.45, 7) is 0. The quantitative estimate of drug-likeness (QED) is 0.871. The zero-order chi connectivity index (χ0) is 14.0. The average molecular weight is 339 g/mol. The van der Waals surface area contributed by atoms with Crippen LogP contribution in [0.15, 0.2) is 21.7 Å². The molecule has 0 amide bonds. The number of hydrogen-bond donors (Lipinski definition) is 2. The normalized spacial score (nSPS) is 11.4. The van der Waals surface area contributed by atoms with Crippen LogP contribution in [0.25, 0.3) is 0 Å². The Labute approximate surface area is 121 Å². The number of anilines is 1. The second kappa shape index (κ2) is 5.45. The Morgan fingerprint density at radius 3 is 2.79 bits per heavy atom. The highest BCUT2D eigenvalue weighted by molar-refractivity contribution is 7.94. The van der Waals surface area contributed by atoms with Crippen LogP contribution in [0.5, 0.6) is 0 Å². The van der Waals surface area contributed by atoms with Crippen LogP contribution in [0.1, 0.15) is 5.69 Å². The van der Waals surface area contributed by atoms with Gasteiger partial charge in [0.05, 0.1) is 16.5 Å². The third-order valence-electron chi connectivity index (χ3n) is 1.92. The predicted octanol–water partition coefficient (Wildman–Crippen LogP) is 2.29. The number of aliphatic carboxylic acids is 1. The molecule has 2 aromatic heterocycles. The van der Waals surface area contributed by atoms with E-state index in [4.69, 9.17) is 16.7 Å². The highest BCUT2D eigenvalue weighted by Crippen LogP contribution is 2.28. The van der Waals surface area contributed by atoms with Gasteiger partial charge in [0, 0.05) is 5.38 Å². The van der Waals surface area contributed by atoms with Crippen molar-refractivity contribution in [1.82, 2.24) is 4.98 Å². The lowest BCUT2D eigenvalue weighted by atomic mass is 10.3. The number of thiazole rings is 1. The molecule has 10 heteroatoms. The molecule has 2 heterocycles. The Hall–Kier alpha value is -1.16. The molecule has 0 aliphatic carbocycles. The van der Waals surface area contributed by atoms with Gasteiger partial charge in [-0.3, -0.25) is 9.52 Å². The van der Waals surface area contributed by atoms with Gasteiger partial charge in [0.25, 0.3) is 10.0 Å². The van der Waals surface area contributed by atoms with E-state index in [1.54, 1.807) is 0 Å². The molecule has 0 aromatic carbocycles. The first-order valence-corrected chi connectivity index (χ1v) is 8.37. The zero-order valence-corrected chi connectivity index (χ0v) is 12.4. The van der Waals surface area contributed by atoms with E-state index in [0.717, 1.165) is 22.7 Å². The molecular formula is C9H7ClN2O4S3. The average Bonchev–Trinajstić information content (AvgIpc) is 2.87. The molecule has 0 unspecified atom stereocenters. The first-order valence-electron chi connectivity index (χ1n) is 4.81. The van der Waals surface area contributed by atoms with Crippen molar-refractivity contribution in [3.8, 4) is 0 Å². The van der Waals surface area contributed by atoms with Crippen LogP contribution in [0.4, 0.5) is 5.13 Å². The fourth-order valence-electron chi connectivity index (χ4n) is 1.20. The molecule has 19 heavy (non-hydrogen) atoms. The van der Waals surface area contributed by atoms with E-state index in [0.29, 0.717) is 10.0 Å². The number of sulfonamides is 1. The summed E-state index contributed by atoms with van der Waals surface area (Å²) >= 11 is 7.63. The molecule has 0 saturated carbocycles. The van der Waals surface area contributed by atoms with Crippen LogP contribution in [0.3, 0.4) is 0 Å². The molecule has 6 nitrogen and oxygen atoms in total. The van der Waals surface area contributed by atoms with Gasteiger partial charge >= 0.3 is 5.97 Å². The summed E-state index contributed by atoms with van der Waals surface area (Å²) < 4.78 is 26.6. The molecule has 2 rings (SSSR count). The van der Waals surface area contributed by atoms with Gasteiger partial charge in [0.2, 0.25) is 0 Å². The van der Waals surface area contributed by atoms with Crippen molar-refractivity contribution in [3.05, 3.63) is 27.5 Å². The Morgan fingerprint density at radius 2 is 2.21 bits per heavy atom. The number of nitrogens with zero attached hydrogens (tertiary/aromatic N) is 1. The number of thiophene rings is 1. The van der Waals surface area contributed by atoms with Crippen LogP contribution < -0.4 is 4.72 Å². The lowest BCUT2D eigenvalue weighted by Gasteiger charge is -2.01. The summed E-state index contributed by atoms with van der Waals surface area (Å²) in [4.78, 5) is 14.4. The minimum Gasteiger partial charge on any atom is -0.481 e. The van der Waals surface area contributed by atoms with Gasteiger partial charge in [0.1, 0.15) is 4.21 Å². The van der Waals surface area contributed by atoms with Crippen molar-refractivity contribution in [2.24, 2.45) is 0 Å². The number of nitrogens with one attached hydrogen (secondary N) is 1. The van der Waals surface area contributed by atoms with E-state index in [-0.39, 0.29) is 15.8 Å². The monoisotopic (exact) mass is 338 g/mol. The maximum atomic E-state index is 11.9. The fraction of sp³-hybridized carbons (Fsp3) is 0.111. The van der Waals surface area contributed by atoms with Gasteiger partial charge in [-0.25, -0.2) is 13.4 Å². The van der Waals surface area contributed by atoms with Crippen LogP contribution in [-0.2, 0) is 21.2 Å². The van der Waals surface area contributed by atoms with Crippen molar-refractivity contribution in [3.63, 3.8) is 0 Å². The van der Waals surface area contributed by atoms with Gasteiger partial charge in [-0.05, 0) is 12.1 Å². The molecule has 0 radical (unpaired) electrons. The van der Waals surface area contributed by atoms with Gasteiger partial charge in [0.15, 0.2) is 5.13 Å². The summed E-state index contributed by atoms with van der Waals surface area (Å²) in [5.41, 5.74) is 0.305. The fourth-order valence-corrected chi connectivity index (χ4v) is 4.64. The van der Waals surface area contributed by atoms with Crippen molar-refractivity contribution in [1.29, 1.82) is 0 Å². The molecule has 0 aliphatic rings. The third kappa shape index (κ3) is 3.66. The second-order valence-electron chi connectivity index (χ2n) is 3.38. The zero-order valence-electron chi connectivity index (χ0n) is 9.16. The maximum absolute atomic E-state index is 11.9. The molecule has 0 fully saturated rings. The number of carbonyl (C=O) groups is 1. The van der Waals surface area contributed by atoms with Gasteiger partial charge in [-0.2, -0.15) is 0 Å². The standard InChI is InChI=1S/C9H7ClN2O4S3/c10-6-1-2-8(18-6)19(15,16)12-9-11-5(4-17-9)3-7(13)14/h1-2,4H,3H2,(H,11,12)(H,13,14). The second-order valence-corrected chi connectivity index (χ2v) is 7.86. The summed E-state index contributed by atoms with van der Waals surface area (Å²) in [5, 5.41) is 10.2. The molecule has 2 aromatic rings. The third-order valence-corrected chi connectivity index (χ3v) is 5.92. The van der Waals surface area contributed by atoms with Gasteiger partial charge < -0.3 is 5.11 Å². The number of aromatic nitrogens is 1. The van der Waals surface area contributed by atoms with E-state index in [1.165, 1.54) is 17.5 Å². The van der Waals surface area contributed by atoms with Crippen molar-refractivity contribution in [2.75, 3.05) is 4.72 Å². The molecule has 102 valence electrons. The van der Waals surface area contributed by atoms with Crippen LogP contribution in [-0.4, -0.2) is 24.5 Å². The molecular weight excluding hydrogens is 332 g/mol. The largest absolute Gasteiger partial charge is 0.481 e. The number of halogens is 1. The van der Waals surface area contributed by atoms with Crippen LogP contribution in [0, 0.1) is 0 Å². The smallest absolute Gasteiger partial charge is 0.309 e. The number of rotatable bonds is 5. The number of hydrogen-bond acceptors (Lipinski definition) is 6. The Kier molecular flexibility index (Phi) is 4.09. The minimum atomic E-state index is -3.72. The summed E-state index contributed by atoms with van der Waals surface area (Å²) in [7, 11) is -3.72. The van der Waals surface area contributed by atoms with Crippen LogP contribution >= 0.6 is 34.3 Å². The SMILES string of the molecule is O=C(O)Cc1csc(NS(=O)(=O)c2ccc(Cl)s2)n1. The van der Waals surface area contributed by atoms with E-state index < -0.39 is 16.0 Å². The van der Waals surface area contributed by atoms with E-state index >= 15 is 0 Å². The Bertz CT molecular complexity index is 707. The molecule has 0 spiro atoms. The number of carboxylic acids is 1. The molecule has 0 saturated heterocycles. The van der Waals surface area contributed by atoms with E-state index in [9.17, 15) is 13.2 Å². The molecule has 0 atom stereocenters. The lowest BCUT2D eigenvalue weighted by molar-refractivity contribution is -0.136. The summed E-state index contributed by atoms with van der Waals surface area (Å²) in [6.07, 6.45) is -0.247. The summed E-state index contributed by atoms with van der Waals surface area (Å²) in [5.74, 6) is -1.02. The first-order chi connectivity index (χ1) is 8.87. The summed E-state index contributed by atoms with van der Waals surface area (Å²) in [6, 6.07) is 2.87. The van der Waals surface area contributed by atoms with E-state index in [2.05, 4.69) is 9.71 Å². The highest BCUT2D eigenvalue weighted by Gasteiger charge is 2.18. The molecule has 0 aliphatic heterocycles. The van der Waals surface area contributed by atoms with Gasteiger partial charge in [-0.1, -0.05) is 11.6 Å². The van der Waals surface area contributed by atoms with Crippen LogP contribution in [0.2, 0.25) is 4.34 Å².